The van der Waals surface area contributed by atoms with Crippen LogP contribution in [0.5, 0.6) is 0 Å². The lowest BCUT2D eigenvalue weighted by Crippen LogP contribution is -2.40. The summed E-state index contributed by atoms with van der Waals surface area (Å²) in [5.74, 6) is 0.603. The highest BCUT2D eigenvalue weighted by Gasteiger charge is 2.44. The maximum Gasteiger partial charge on any atom is 0.0786 e. The van der Waals surface area contributed by atoms with Gasteiger partial charge in [0.2, 0.25) is 0 Å². The quantitative estimate of drug-likeness (QED) is 0.727. The first-order valence-electron chi connectivity index (χ1n) is 5.27. The zero-order valence-corrected chi connectivity index (χ0v) is 9.61. The smallest absolute Gasteiger partial charge is 0.0786 e. The first kappa shape index (κ1) is 11.0. The van der Waals surface area contributed by atoms with Gasteiger partial charge >= 0.3 is 0 Å². The summed E-state index contributed by atoms with van der Waals surface area (Å²) in [6.45, 7) is 9.88. The van der Waals surface area contributed by atoms with Gasteiger partial charge in [0.25, 0.3) is 0 Å². The van der Waals surface area contributed by atoms with Gasteiger partial charge in [-0.15, -0.1) is 0 Å². The molecule has 1 fully saturated rings. The van der Waals surface area contributed by atoms with Crippen molar-refractivity contribution in [1.82, 2.24) is 5.32 Å². The Kier molecular flexibility index (Phi) is 3.03. The van der Waals surface area contributed by atoms with Crippen LogP contribution in [-0.2, 0) is 4.74 Å². The molecular formula is C11H23NO. The van der Waals surface area contributed by atoms with Gasteiger partial charge in [-0.05, 0) is 39.7 Å². The van der Waals surface area contributed by atoms with E-state index < -0.39 is 0 Å². The molecule has 1 rings (SSSR count). The van der Waals surface area contributed by atoms with E-state index in [4.69, 9.17) is 4.74 Å². The number of hydrogen-bond donors (Lipinski definition) is 1. The molecule has 0 bridgehead atoms. The summed E-state index contributed by atoms with van der Waals surface area (Å²) in [4.78, 5) is 0. The summed E-state index contributed by atoms with van der Waals surface area (Å²) in [7, 11) is 1.99. The second-order valence-corrected chi connectivity index (χ2v) is 5.05. The molecule has 1 aliphatic rings. The van der Waals surface area contributed by atoms with Crippen LogP contribution < -0.4 is 5.32 Å². The number of ether oxygens (including phenoxy) is 1. The summed E-state index contributed by atoms with van der Waals surface area (Å²) < 4.78 is 6.18. The molecule has 0 saturated carbocycles. The lowest BCUT2D eigenvalue weighted by atomic mass is 9.89. The average Bonchev–Trinajstić information content (AvgIpc) is 2.30. The van der Waals surface area contributed by atoms with Crippen LogP contribution >= 0.6 is 0 Å². The topological polar surface area (TPSA) is 21.3 Å². The van der Waals surface area contributed by atoms with Crippen molar-refractivity contribution in [2.24, 2.45) is 5.92 Å². The van der Waals surface area contributed by atoms with E-state index >= 15 is 0 Å². The van der Waals surface area contributed by atoms with Crippen LogP contribution in [0, 0.1) is 5.92 Å². The summed E-state index contributed by atoms with van der Waals surface area (Å²) in [6, 6.07) is 0. The molecule has 0 radical (unpaired) electrons. The Labute approximate surface area is 82.0 Å². The zero-order valence-electron chi connectivity index (χ0n) is 9.61. The van der Waals surface area contributed by atoms with Crippen molar-refractivity contribution in [3.8, 4) is 0 Å². The summed E-state index contributed by atoms with van der Waals surface area (Å²) in [5.41, 5.74) is 0.138. The van der Waals surface area contributed by atoms with Crippen molar-refractivity contribution in [2.45, 2.75) is 51.7 Å². The van der Waals surface area contributed by atoms with Gasteiger partial charge in [0.15, 0.2) is 0 Å². The van der Waals surface area contributed by atoms with Gasteiger partial charge in [0.05, 0.1) is 11.2 Å². The molecule has 0 spiro atoms. The fraction of sp³-hybridized carbons (Fsp3) is 1.00. The number of rotatable bonds is 3. The predicted molar refractivity (Wildman–Crippen MR) is 55.9 cm³/mol. The molecule has 2 unspecified atom stereocenters. The van der Waals surface area contributed by atoms with Crippen LogP contribution in [-0.4, -0.2) is 24.8 Å². The van der Waals surface area contributed by atoms with E-state index in [9.17, 15) is 0 Å². The minimum atomic E-state index is 0.0494. The second kappa shape index (κ2) is 3.58. The normalized spacial score (nSPS) is 40.2. The van der Waals surface area contributed by atoms with Crippen LogP contribution in [0.1, 0.15) is 40.5 Å². The Bertz CT molecular complexity index is 181. The van der Waals surface area contributed by atoms with E-state index in [0.29, 0.717) is 5.92 Å². The SMILES string of the molecule is CNCC1(C)CCC(C)(C(C)C)O1. The van der Waals surface area contributed by atoms with Crippen LogP contribution in [0.15, 0.2) is 0 Å². The van der Waals surface area contributed by atoms with E-state index in [1.165, 1.54) is 12.8 Å². The van der Waals surface area contributed by atoms with Gasteiger partial charge in [-0.3, -0.25) is 0 Å². The zero-order chi connectivity index (χ0) is 10.1. The number of likely N-dealkylation sites (N-methyl/N-ethyl adjacent to an activating group) is 1. The molecule has 1 aliphatic heterocycles. The fourth-order valence-corrected chi connectivity index (χ4v) is 2.08. The van der Waals surface area contributed by atoms with Crippen LogP contribution in [0.2, 0.25) is 0 Å². The van der Waals surface area contributed by atoms with E-state index in [0.717, 1.165) is 6.54 Å². The van der Waals surface area contributed by atoms with Gasteiger partial charge in [-0.2, -0.15) is 0 Å². The molecule has 2 heteroatoms. The van der Waals surface area contributed by atoms with Crippen LogP contribution in [0.25, 0.3) is 0 Å². The largest absolute Gasteiger partial charge is 0.368 e. The monoisotopic (exact) mass is 185 g/mol. The molecule has 2 nitrogen and oxygen atoms in total. The van der Waals surface area contributed by atoms with Crippen molar-refractivity contribution in [2.75, 3.05) is 13.6 Å². The van der Waals surface area contributed by atoms with Gasteiger partial charge < -0.3 is 10.1 Å². The maximum atomic E-state index is 6.18. The Balaban J connectivity index is 2.61. The molecule has 0 aromatic carbocycles. The molecule has 78 valence electrons. The van der Waals surface area contributed by atoms with E-state index in [1.807, 2.05) is 7.05 Å². The van der Waals surface area contributed by atoms with Crippen LogP contribution in [0.4, 0.5) is 0 Å². The van der Waals surface area contributed by atoms with Crippen molar-refractivity contribution < 1.29 is 4.74 Å². The minimum absolute atomic E-state index is 0.0494. The first-order valence-corrected chi connectivity index (χ1v) is 5.27. The van der Waals surface area contributed by atoms with E-state index in [1.54, 1.807) is 0 Å². The van der Waals surface area contributed by atoms with Gasteiger partial charge in [0.1, 0.15) is 0 Å². The molecule has 1 N–H and O–H groups in total. The van der Waals surface area contributed by atoms with Crippen LogP contribution in [0.3, 0.4) is 0 Å². The molecule has 2 atom stereocenters. The lowest BCUT2D eigenvalue weighted by Gasteiger charge is -2.33. The Morgan fingerprint density at radius 2 is 1.92 bits per heavy atom. The molecule has 1 saturated heterocycles. The van der Waals surface area contributed by atoms with Gasteiger partial charge in [-0.25, -0.2) is 0 Å². The van der Waals surface area contributed by atoms with Gasteiger partial charge in [0, 0.05) is 6.54 Å². The fourth-order valence-electron chi connectivity index (χ4n) is 2.08. The number of hydrogen-bond acceptors (Lipinski definition) is 2. The lowest BCUT2D eigenvalue weighted by molar-refractivity contribution is -0.105. The molecular weight excluding hydrogens is 162 g/mol. The first-order chi connectivity index (χ1) is 5.92. The molecule has 1 heterocycles. The van der Waals surface area contributed by atoms with Crippen molar-refractivity contribution in [3.05, 3.63) is 0 Å². The summed E-state index contributed by atoms with van der Waals surface area (Å²) in [6.07, 6.45) is 2.35. The third-order valence-electron chi connectivity index (χ3n) is 3.40. The Morgan fingerprint density at radius 3 is 2.31 bits per heavy atom. The summed E-state index contributed by atoms with van der Waals surface area (Å²) >= 11 is 0. The molecule has 0 aromatic heterocycles. The van der Waals surface area contributed by atoms with Gasteiger partial charge in [-0.1, -0.05) is 13.8 Å². The van der Waals surface area contributed by atoms with E-state index in [-0.39, 0.29) is 11.2 Å². The maximum absolute atomic E-state index is 6.18. The molecule has 0 amide bonds. The third-order valence-corrected chi connectivity index (χ3v) is 3.40. The van der Waals surface area contributed by atoms with Crippen molar-refractivity contribution in [3.63, 3.8) is 0 Å². The predicted octanol–water partition coefficient (Wildman–Crippen LogP) is 2.19. The average molecular weight is 185 g/mol. The number of nitrogens with one attached hydrogen (secondary N) is 1. The minimum Gasteiger partial charge on any atom is -0.368 e. The standard InChI is InChI=1S/C11H23NO/c1-9(2)11(4)7-6-10(3,13-11)8-12-5/h9,12H,6-8H2,1-5H3. The second-order valence-electron chi connectivity index (χ2n) is 5.05. The molecule has 13 heavy (non-hydrogen) atoms. The highest BCUT2D eigenvalue weighted by atomic mass is 16.5. The Hall–Kier alpha value is -0.0800. The highest BCUT2D eigenvalue weighted by molar-refractivity contribution is 4.95. The summed E-state index contributed by atoms with van der Waals surface area (Å²) in [5, 5.41) is 3.20. The van der Waals surface area contributed by atoms with Crippen molar-refractivity contribution in [1.29, 1.82) is 0 Å². The van der Waals surface area contributed by atoms with E-state index in [2.05, 4.69) is 33.0 Å². The molecule has 0 aromatic rings. The third kappa shape index (κ3) is 2.23. The van der Waals surface area contributed by atoms with Crippen molar-refractivity contribution >= 4 is 0 Å². The Morgan fingerprint density at radius 1 is 1.31 bits per heavy atom. The highest BCUT2D eigenvalue weighted by Crippen LogP contribution is 2.41. The molecule has 0 aliphatic carbocycles.